The van der Waals surface area contributed by atoms with E-state index >= 15 is 0 Å². The number of nitrogens with one attached hydrogen (secondary N) is 1. The fourth-order valence-electron chi connectivity index (χ4n) is 3.28. The lowest BCUT2D eigenvalue weighted by Crippen LogP contribution is -2.20. The summed E-state index contributed by atoms with van der Waals surface area (Å²) in [5.41, 5.74) is 1.15. The van der Waals surface area contributed by atoms with Gasteiger partial charge in [-0.15, -0.1) is 0 Å². The van der Waals surface area contributed by atoms with Gasteiger partial charge in [0.1, 0.15) is 0 Å². The molecule has 1 aromatic carbocycles. The van der Waals surface area contributed by atoms with Gasteiger partial charge in [0.05, 0.1) is 5.02 Å². The van der Waals surface area contributed by atoms with Crippen molar-refractivity contribution in [3.8, 4) is 11.5 Å². The Morgan fingerprint density at radius 2 is 2.00 bits per heavy atom. The van der Waals surface area contributed by atoms with E-state index in [-0.39, 0.29) is 6.79 Å². The lowest BCUT2D eigenvalue weighted by molar-refractivity contribution is 0.174. The summed E-state index contributed by atoms with van der Waals surface area (Å²) in [5.74, 6) is 3.29. The van der Waals surface area contributed by atoms with E-state index in [0.717, 1.165) is 36.2 Å². The second kappa shape index (κ2) is 6.89. The van der Waals surface area contributed by atoms with Crippen molar-refractivity contribution in [2.45, 2.75) is 45.6 Å². The van der Waals surface area contributed by atoms with Crippen LogP contribution in [0.2, 0.25) is 5.02 Å². The molecule has 3 rings (SSSR count). The summed E-state index contributed by atoms with van der Waals surface area (Å²) in [7, 11) is 0. The Morgan fingerprint density at radius 3 is 2.81 bits per heavy atom. The summed E-state index contributed by atoms with van der Waals surface area (Å²) in [5, 5.41) is 4.17. The monoisotopic (exact) mass is 309 g/mol. The maximum Gasteiger partial charge on any atom is 0.231 e. The highest BCUT2D eigenvalue weighted by atomic mass is 35.5. The zero-order valence-electron chi connectivity index (χ0n) is 12.7. The molecule has 1 N–H and O–H groups in total. The molecule has 4 heteroatoms. The zero-order chi connectivity index (χ0) is 14.7. The highest BCUT2D eigenvalue weighted by molar-refractivity contribution is 6.32. The van der Waals surface area contributed by atoms with Gasteiger partial charge in [0.2, 0.25) is 6.79 Å². The lowest BCUT2D eigenvalue weighted by Gasteiger charge is -2.26. The predicted octanol–water partition coefficient (Wildman–Crippen LogP) is 4.37. The third-order valence-corrected chi connectivity index (χ3v) is 4.96. The summed E-state index contributed by atoms with van der Waals surface area (Å²) >= 11 is 6.19. The molecule has 0 amide bonds. The van der Waals surface area contributed by atoms with Crippen molar-refractivity contribution < 1.29 is 9.47 Å². The van der Waals surface area contributed by atoms with Crippen LogP contribution in [0.3, 0.4) is 0 Å². The standard InChI is InChI=1S/C17H24ClNO2/c1-12-2-4-13(5-3-12)6-7-19-10-14-8-15(18)17-16(9-14)20-11-21-17/h8-9,12-13,19H,2-7,10-11H2,1H3. The minimum absolute atomic E-state index is 0.270. The first-order valence-corrected chi connectivity index (χ1v) is 8.39. The number of benzene rings is 1. The lowest BCUT2D eigenvalue weighted by atomic mass is 9.81. The van der Waals surface area contributed by atoms with Gasteiger partial charge in [-0.05, 0) is 42.5 Å². The quantitative estimate of drug-likeness (QED) is 0.819. The number of hydrogen-bond acceptors (Lipinski definition) is 3. The summed E-state index contributed by atoms with van der Waals surface area (Å²) in [6.07, 6.45) is 6.90. The molecule has 0 bridgehead atoms. The van der Waals surface area contributed by atoms with Gasteiger partial charge in [-0.1, -0.05) is 44.2 Å². The maximum atomic E-state index is 6.19. The fourth-order valence-corrected chi connectivity index (χ4v) is 3.57. The van der Waals surface area contributed by atoms with Crippen molar-refractivity contribution in [2.75, 3.05) is 13.3 Å². The fraction of sp³-hybridized carbons (Fsp3) is 0.647. The van der Waals surface area contributed by atoms with E-state index in [4.69, 9.17) is 21.1 Å². The Labute approximate surface area is 132 Å². The number of ether oxygens (including phenoxy) is 2. The largest absolute Gasteiger partial charge is 0.454 e. The first kappa shape index (κ1) is 15.0. The van der Waals surface area contributed by atoms with Gasteiger partial charge >= 0.3 is 0 Å². The van der Waals surface area contributed by atoms with Gasteiger partial charge in [0.15, 0.2) is 11.5 Å². The maximum absolute atomic E-state index is 6.19. The Kier molecular flexibility index (Phi) is 4.91. The van der Waals surface area contributed by atoms with Gasteiger partial charge in [-0.3, -0.25) is 0 Å². The molecule has 2 aliphatic rings. The Hall–Kier alpha value is -0.930. The molecular formula is C17H24ClNO2. The van der Waals surface area contributed by atoms with Crippen LogP contribution in [0.4, 0.5) is 0 Å². The van der Waals surface area contributed by atoms with Crippen LogP contribution in [0.5, 0.6) is 11.5 Å². The van der Waals surface area contributed by atoms with E-state index in [9.17, 15) is 0 Å². The molecule has 3 nitrogen and oxygen atoms in total. The second-order valence-corrected chi connectivity index (χ2v) is 6.81. The molecule has 21 heavy (non-hydrogen) atoms. The molecule has 0 radical (unpaired) electrons. The molecule has 116 valence electrons. The molecule has 0 unspecified atom stereocenters. The van der Waals surface area contributed by atoms with Crippen molar-refractivity contribution in [3.63, 3.8) is 0 Å². The van der Waals surface area contributed by atoms with Crippen LogP contribution in [0, 0.1) is 11.8 Å². The van der Waals surface area contributed by atoms with E-state index in [0.29, 0.717) is 10.8 Å². The summed E-state index contributed by atoms with van der Waals surface area (Å²) in [6.45, 7) is 4.55. The molecule has 0 atom stereocenters. The van der Waals surface area contributed by atoms with Crippen molar-refractivity contribution >= 4 is 11.6 Å². The SMILES string of the molecule is CC1CCC(CCNCc2cc(Cl)c3c(c2)OCO3)CC1. The third kappa shape index (κ3) is 3.83. The van der Waals surface area contributed by atoms with E-state index in [2.05, 4.69) is 12.2 Å². The van der Waals surface area contributed by atoms with Crippen LogP contribution >= 0.6 is 11.6 Å². The smallest absolute Gasteiger partial charge is 0.231 e. The minimum Gasteiger partial charge on any atom is -0.454 e. The normalized spacial score (nSPS) is 24.3. The number of hydrogen-bond donors (Lipinski definition) is 1. The first-order chi connectivity index (χ1) is 10.2. The van der Waals surface area contributed by atoms with Gasteiger partial charge in [-0.2, -0.15) is 0 Å². The van der Waals surface area contributed by atoms with Gasteiger partial charge in [-0.25, -0.2) is 0 Å². The molecule has 0 saturated heterocycles. The second-order valence-electron chi connectivity index (χ2n) is 6.40. The van der Waals surface area contributed by atoms with Crippen LogP contribution in [0.25, 0.3) is 0 Å². The Bertz CT molecular complexity index is 484. The molecule has 0 spiro atoms. The zero-order valence-corrected chi connectivity index (χ0v) is 13.4. The molecular weight excluding hydrogens is 286 g/mol. The molecule has 1 fully saturated rings. The van der Waals surface area contributed by atoms with Crippen molar-refractivity contribution in [3.05, 3.63) is 22.7 Å². The van der Waals surface area contributed by atoms with Crippen LogP contribution in [-0.4, -0.2) is 13.3 Å². The summed E-state index contributed by atoms with van der Waals surface area (Å²) in [4.78, 5) is 0. The predicted molar refractivity (Wildman–Crippen MR) is 85.0 cm³/mol. The third-order valence-electron chi connectivity index (χ3n) is 4.68. The summed E-state index contributed by atoms with van der Waals surface area (Å²) in [6, 6.07) is 3.98. The molecule has 0 aromatic heterocycles. The first-order valence-electron chi connectivity index (χ1n) is 8.01. The number of halogens is 1. The number of rotatable bonds is 5. The van der Waals surface area contributed by atoms with Crippen LogP contribution in [0.15, 0.2) is 12.1 Å². The van der Waals surface area contributed by atoms with Crippen LogP contribution < -0.4 is 14.8 Å². The Balaban J connectivity index is 1.42. The van der Waals surface area contributed by atoms with Gasteiger partial charge in [0.25, 0.3) is 0 Å². The topological polar surface area (TPSA) is 30.5 Å². The van der Waals surface area contributed by atoms with Crippen LogP contribution in [0.1, 0.15) is 44.6 Å². The Morgan fingerprint density at radius 1 is 1.19 bits per heavy atom. The van der Waals surface area contributed by atoms with Crippen LogP contribution in [-0.2, 0) is 6.54 Å². The van der Waals surface area contributed by atoms with E-state index in [1.54, 1.807) is 0 Å². The molecule has 1 saturated carbocycles. The van der Waals surface area contributed by atoms with Crippen molar-refractivity contribution in [2.24, 2.45) is 11.8 Å². The van der Waals surface area contributed by atoms with Crippen molar-refractivity contribution in [1.29, 1.82) is 0 Å². The van der Waals surface area contributed by atoms with E-state index in [1.165, 1.54) is 32.1 Å². The minimum atomic E-state index is 0.270. The highest BCUT2D eigenvalue weighted by Crippen LogP contribution is 2.39. The molecule has 1 aliphatic heterocycles. The van der Waals surface area contributed by atoms with Gasteiger partial charge < -0.3 is 14.8 Å². The molecule has 1 heterocycles. The molecule has 1 aliphatic carbocycles. The van der Waals surface area contributed by atoms with Crippen molar-refractivity contribution in [1.82, 2.24) is 5.32 Å². The van der Waals surface area contributed by atoms with Gasteiger partial charge in [0, 0.05) is 6.54 Å². The number of fused-ring (bicyclic) bond motifs is 1. The van der Waals surface area contributed by atoms with E-state index in [1.807, 2.05) is 12.1 Å². The highest BCUT2D eigenvalue weighted by Gasteiger charge is 2.19. The summed E-state index contributed by atoms with van der Waals surface area (Å²) < 4.78 is 10.7. The average Bonchev–Trinajstić information content (AvgIpc) is 2.94. The van der Waals surface area contributed by atoms with E-state index < -0.39 is 0 Å². The molecule has 1 aromatic rings. The average molecular weight is 310 g/mol.